The van der Waals surface area contributed by atoms with Crippen LogP contribution in [0.3, 0.4) is 0 Å². The molecule has 2 aromatic heterocycles. The van der Waals surface area contributed by atoms with E-state index in [0.29, 0.717) is 5.56 Å². The Morgan fingerprint density at radius 2 is 1.77 bits per heavy atom. The zero-order valence-electron chi connectivity index (χ0n) is 15.2. The minimum atomic E-state index is -4.47. The fourth-order valence-corrected chi connectivity index (χ4v) is 2.87. The molecular weight excluding hydrogens is 423 g/mol. The van der Waals surface area contributed by atoms with Gasteiger partial charge >= 0.3 is 6.18 Å². The van der Waals surface area contributed by atoms with Crippen molar-refractivity contribution in [1.82, 2.24) is 15.0 Å². The Morgan fingerprint density at radius 1 is 1.10 bits per heavy atom. The van der Waals surface area contributed by atoms with Gasteiger partial charge in [0.05, 0.1) is 17.4 Å². The van der Waals surface area contributed by atoms with Gasteiger partial charge in [-0.3, -0.25) is 4.72 Å². The Balaban J connectivity index is 1.95. The lowest BCUT2D eigenvalue weighted by Gasteiger charge is -2.11. The second-order valence-corrected chi connectivity index (χ2v) is 7.69. The van der Waals surface area contributed by atoms with E-state index in [1.165, 1.54) is 24.7 Å². The highest BCUT2D eigenvalue weighted by atomic mass is 32.2. The first-order valence-electron chi connectivity index (χ1n) is 8.11. The maximum Gasteiger partial charge on any atom is 0.416 e. The van der Waals surface area contributed by atoms with Gasteiger partial charge in [-0.25, -0.2) is 23.4 Å². The van der Waals surface area contributed by atoms with Gasteiger partial charge in [0.25, 0.3) is 0 Å². The van der Waals surface area contributed by atoms with Crippen molar-refractivity contribution in [2.24, 2.45) is 0 Å². The number of benzene rings is 1. The SMILES string of the molecule is CS(=O)(=O)Nc1ncc(-c2nccnc2Oc2ccc(C(F)(F)F)cc2)cc1C#N. The summed E-state index contributed by atoms with van der Waals surface area (Å²) in [5, 5.41) is 9.30. The molecule has 2 heterocycles. The lowest BCUT2D eigenvalue weighted by Crippen LogP contribution is -2.12. The lowest BCUT2D eigenvalue weighted by molar-refractivity contribution is -0.137. The average molecular weight is 435 g/mol. The van der Waals surface area contributed by atoms with Crippen LogP contribution in [0, 0.1) is 11.3 Å². The Bertz CT molecular complexity index is 1220. The summed E-state index contributed by atoms with van der Waals surface area (Å²) < 4.78 is 68.6. The highest BCUT2D eigenvalue weighted by Crippen LogP contribution is 2.33. The van der Waals surface area contributed by atoms with Crippen LogP contribution in [-0.4, -0.2) is 29.6 Å². The third-order valence-electron chi connectivity index (χ3n) is 3.62. The average Bonchev–Trinajstić information content (AvgIpc) is 2.67. The number of aromatic nitrogens is 3. The Kier molecular flexibility index (Phi) is 5.57. The highest BCUT2D eigenvalue weighted by molar-refractivity contribution is 7.92. The number of nitrogens with one attached hydrogen (secondary N) is 1. The number of rotatable bonds is 5. The van der Waals surface area contributed by atoms with Crippen molar-refractivity contribution in [3.8, 4) is 29.0 Å². The van der Waals surface area contributed by atoms with Crippen molar-refractivity contribution in [2.45, 2.75) is 6.18 Å². The zero-order valence-corrected chi connectivity index (χ0v) is 16.0. The van der Waals surface area contributed by atoms with E-state index >= 15 is 0 Å². The standard InChI is InChI=1S/C18H12F3N5O3S/c1-30(27,28)26-16-11(9-22)8-12(10-25-16)15-17(24-7-6-23-15)29-14-4-2-13(3-5-14)18(19,20)21/h2-8,10H,1H3,(H,25,26). The minimum Gasteiger partial charge on any atom is -0.437 e. The van der Waals surface area contributed by atoms with Crippen LogP contribution in [0.2, 0.25) is 0 Å². The third-order valence-corrected chi connectivity index (χ3v) is 4.19. The van der Waals surface area contributed by atoms with Gasteiger partial charge in [-0.15, -0.1) is 0 Å². The molecule has 0 saturated carbocycles. The number of nitrogens with zero attached hydrogens (tertiary/aromatic N) is 4. The molecule has 0 aliphatic rings. The molecule has 12 heteroatoms. The maximum atomic E-state index is 12.7. The number of halogens is 3. The van der Waals surface area contributed by atoms with E-state index in [4.69, 9.17) is 4.74 Å². The summed E-state index contributed by atoms with van der Waals surface area (Å²) >= 11 is 0. The predicted molar refractivity (Wildman–Crippen MR) is 100.0 cm³/mol. The normalized spacial score (nSPS) is 11.6. The summed E-state index contributed by atoms with van der Waals surface area (Å²) in [6, 6.07) is 7.18. The summed E-state index contributed by atoms with van der Waals surface area (Å²) in [5.74, 6) is -0.0989. The minimum absolute atomic E-state index is 0.0354. The summed E-state index contributed by atoms with van der Waals surface area (Å²) in [7, 11) is -3.65. The summed E-state index contributed by atoms with van der Waals surface area (Å²) in [4.78, 5) is 12.1. The molecule has 0 spiro atoms. The molecule has 0 aliphatic heterocycles. The van der Waals surface area contributed by atoms with Gasteiger partial charge in [-0.05, 0) is 30.3 Å². The largest absolute Gasteiger partial charge is 0.437 e. The van der Waals surface area contributed by atoms with Gasteiger partial charge in [-0.2, -0.15) is 18.4 Å². The molecule has 0 unspecified atom stereocenters. The first kappa shape index (κ1) is 21.0. The molecule has 3 aromatic rings. The molecule has 8 nitrogen and oxygen atoms in total. The van der Waals surface area contributed by atoms with Gasteiger partial charge in [0.15, 0.2) is 5.82 Å². The number of anilines is 1. The van der Waals surface area contributed by atoms with E-state index in [0.717, 1.165) is 30.5 Å². The molecule has 0 aliphatic carbocycles. The summed E-state index contributed by atoms with van der Waals surface area (Å²) in [6.45, 7) is 0. The van der Waals surface area contributed by atoms with Gasteiger partial charge in [0.1, 0.15) is 17.5 Å². The third kappa shape index (κ3) is 5.00. The van der Waals surface area contributed by atoms with Crippen LogP contribution in [0.1, 0.15) is 11.1 Å². The molecule has 30 heavy (non-hydrogen) atoms. The van der Waals surface area contributed by atoms with Gasteiger partial charge in [-0.1, -0.05) is 0 Å². The number of alkyl halides is 3. The van der Waals surface area contributed by atoms with Crippen molar-refractivity contribution < 1.29 is 26.3 Å². The number of ether oxygens (including phenoxy) is 1. The van der Waals surface area contributed by atoms with Gasteiger partial charge in [0, 0.05) is 24.2 Å². The molecule has 3 rings (SSSR count). The highest BCUT2D eigenvalue weighted by Gasteiger charge is 2.30. The van der Waals surface area contributed by atoms with Crippen LogP contribution in [0.4, 0.5) is 19.0 Å². The van der Waals surface area contributed by atoms with Gasteiger partial charge < -0.3 is 4.74 Å². The number of sulfonamides is 1. The van der Waals surface area contributed by atoms with E-state index < -0.39 is 21.8 Å². The molecular formula is C18H12F3N5O3S. The number of hydrogen-bond donors (Lipinski definition) is 1. The number of nitriles is 1. The molecule has 0 bridgehead atoms. The van der Waals surface area contributed by atoms with E-state index in [9.17, 15) is 26.9 Å². The van der Waals surface area contributed by atoms with Crippen molar-refractivity contribution in [3.05, 3.63) is 60.0 Å². The van der Waals surface area contributed by atoms with Gasteiger partial charge in [0.2, 0.25) is 15.9 Å². The quantitative estimate of drug-likeness (QED) is 0.651. The second-order valence-electron chi connectivity index (χ2n) is 5.94. The van der Waals surface area contributed by atoms with Crippen LogP contribution in [0.5, 0.6) is 11.6 Å². The lowest BCUT2D eigenvalue weighted by atomic mass is 10.1. The summed E-state index contributed by atoms with van der Waals surface area (Å²) in [6.07, 6.45) is 0.378. The molecule has 0 radical (unpaired) electrons. The van der Waals surface area contributed by atoms with Crippen molar-refractivity contribution in [3.63, 3.8) is 0 Å². The second kappa shape index (κ2) is 7.96. The van der Waals surface area contributed by atoms with Crippen molar-refractivity contribution >= 4 is 15.8 Å². The summed E-state index contributed by atoms with van der Waals surface area (Å²) in [5.41, 5.74) is -0.442. The molecule has 0 saturated heterocycles. The Morgan fingerprint density at radius 3 is 2.37 bits per heavy atom. The molecule has 0 atom stereocenters. The van der Waals surface area contributed by atoms with Crippen LogP contribution in [-0.2, 0) is 16.2 Å². The topological polar surface area (TPSA) is 118 Å². The Labute approximate surface area is 169 Å². The molecule has 1 N–H and O–H groups in total. The monoisotopic (exact) mass is 435 g/mol. The van der Waals surface area contributed by atoms with E-state index in [1.54, 1.807) is 0 Å². The van der Waals surface area contributed by atoms with Crippen LogP contribution >= 0.6 is 0 Å². The predicted octanol–water partition coefficient (Wildman–Crippen LogP) is 3.59. The smallest absolute Gasteiger partial charge is 0.416 e. The fourth-order valence-electron chi connectivity index (χ4n) is 2.36. The first-order valence-corrected chi connectivity index (χ1v) is 10.0. The van der Waals surface area contributed by atoms with Crippen molar-refractivity contribution in [1.29, 1.82) is 5.26 Å². The van der Waals surface area contributed by atoms with Crippen LogP contribution < -0.4 is 9.46 Å². The first-order chi connectivity index (χ1) is 14.1. The number of hydrogen-bond acceptors (Lipinski definition) is 7. The zero-order chi connectivity index (χ0) is 21.9. The van der Waals surface area contributed by atoms with E-state index in [-0.39, 0.29) is 28.7 Å². The number of pyridine rings is 1. The molecule has 0 amide bonds. The molecule has 1 aromatic carbocycles. The van der Waals surface area contributed by atoms with E-state index in [1.807, 2.05) is 6.07 Å². The molecule has 0 fully saturated rings. The fraction of sp³-hybridized carbons (Fsp3) is 0.111. The van der Waals surface area contributed by atoms with Crippen LogP contribution in [0.25, 0.3) is 11.3 Å². The maximum absolute atomic E-state index is 12.7. The molecule has 154 valence electrons. The van der Waals surface area contributed by atoms with E-state index in [2.05, 4.69) is 19.7 Å². The van der Waals surface area contributed by atoms with Crippen LogP contribution in [0.15, 0.2) is 48.9 Å². The Hall–Kier alpha value is -3.72. The van der Waals surface area contributed by atoms with Crippen molar-refractivity contribution in [2.75, 3.05) is 11.0 Å².